The average molecular weight is 348 g/mol. The van der Waals surface area contributed by atoms with E-state index in [1.54, 1.807) is 7.11 Å². The van der Waals surface area contributed by atoms with Crippen molar-refractivity contribution >= 4 is 0 Å². The Morgan fingerprint density at radius 2 is 2.00 bits per heavy atom. The van der Waals surface area contributed by atoms with Gasteiger partial charge in [0.15, 0.2) is 0 Å². The molecule has 0 saturated carbocycles. The number of alkyl halides is 3. The number of piperidine rings is 1. The zero-order valence-corrected chi connectivity index (χ0v) is 13.8. The third-order valence-electron chi connectivity index (χ3n) is 4.34. The number of likely N-dealkylation sites (tertiary alicyclic amines) is 1. The molecule has 136 valence electrons. The van der Waals surface area contributed by atoms with Crippen molar-refractivity contribution in [3.05, 3.63) is 29.8 Å². The van der Waals surface area contributed by atoms with Crippen molar-refractivity contribution in [3.8, 4) is 5.75 Å². The topological polar surface area (TPSA) is 43.1 Å². The van der Waals surface area contributed by atoms with Crippen LogP contribution in [0, 0.1) is 5.92 Å². The van der Waals surface area contributed by atoms with E-state index in [4.69, 9.17) is 9.47 Å². The minimum Gasteiger partial charge on any atom is -0.497 e. The fraction of sp³-hybridized carbons (Fsp3) is 0.647. The zero-order valence-electron chi connectivity index (χ0n) is 13.8. The lowest BCUT2D eigenvalue weighted by atomic mass is 9.97. The van der Waals surface area contributed by atoms with Crippen molar-refractivity contribution in [1.29, 1.82) is 0 Å². The number of aliphatic hydroxyl groups excluding tert-OH is 1. The molecule has 1 aromatic carbocycles. The van der Waals surface area contributed by atoms with E-state index in [-0.39, 0.29) is 26.1 Å². The molecule has 1 aliphatic heterocycles. The van der Waals surface area contributed by atoms with Gasteiger partial charge in [-0.15, -0.1) is 0 Å². The van der Waals surface area contributed by atoms with Crippen LogP contribution in [0.5, 0.6) is 5.75 Å². The van der Waals surface area contributed by atoms with Crippen LogP contribution in [0.15, 0.2) is 24.3 Å². The van der Waals surface area contributed by atoms with Gasteiger partial charge in [-0.25, -0.2) is 0 Å². The number of quaternary nitrogens is 1. The molecule has 1 heterocycles. The first kappa shape index (κ1) is 19.0. The molecule has 0 bridgehead atoms. The van der Waals surface area contributed by atoms with Crippen molar-refractivity contribution < 1.29 is 32.7 Å². The number of halogens is 3. The second kappa shape index (κ2) is 8.69. The van der Waals surface area contributed by atoms with Gasteiger partial charge in [0, 0.05) is 0 Å². The molecule has 4 nitrogen and oxygen atoms in total. The van der Waals surface area contributed by atoms with Gasteiger partial charge in [-0.3, -0.25) is 0 Å². The highest BCUT2D eigenvalue weighted by atomic mass is 19.4. The maximum Gasteiger partial charge on any atom is 0.397 e. The number of methoxy groups -OCH3 is 1. The molecule has 2 N–H and O–H groups in total. The normalized spacial score (nSPS) is 23.0. The Morgan fingerprint density at radius 1 is 1.29 bits per heavy atom. The third kappa shape index (κ3) is 5.96. The van der Waals surface area contributed by atoms with Crippen LogP contribution in [0.25, 0.3) is 0 Å². The summed E-state index contributed by atoms with van der Waals surface area (Å²) in [6.45, 7) is 1.46. The lowest BCUT2D eigenvalue weighted by Gasteiger charge is -2.32. The molecule has 1 saturated heterocycles. The number of ether oxygens (including phenoxy) is 2. The molecule has 1 fully saturated rings. The first-order chi connectivity index (χ1) is 11.4. The number of benzene rings is 1. The van der Waals surface area contributed by atoms with Crippen molar-refractivity contribution in [2.24, 2.45) is 5.92 Å². The van der Waals surface area contributed by atoms with E-state index in [0.29, 0.717) is 19.6 Å². The number of aliphatic hydroxyl groups is 1. The lowest BCUT2D eigenvalue weighted by molar-refractivity contribution is -0.913. The molecule has 0 spiro atoms. The summed E-state index contributed by atoms with van der Waals surface area (Å²) in [5.74, 6) is -0.500. The Morgan fingerprint density at radius 3 is 2.62 bits per heavy atom. The fourth-order valence-corrected chi connectivity index (χ4v) is 3.04. The quantitative estimate of drug-likeness (QED) is 0.784. The molecular weight excluding hydrogens is 323 g/mol. The second-order valence-electron chi connectivity index (χ2n) is 6.31. The Balaban J connectivity index is 1.69. The van der Waals surface area contributed by atoms with E-state index in [1.165, 1.54) is 0 Å². The van der Waals surface area contributed by atoms with Crippen molar-refractivity contribution in [2.45, 2.75) is 31.7 Å². The van der Waals surface area contributed by atoms with E-state index < -0.39 is 18.2 Å². The minimum atomic E-state index is -4.14. The third-order valence-corrected chi connectivity index (χ3v) is 4.34. The van der Waals surface area contributed by atoms with Crippen LogP contribution in [0.3, 0.4) is 0 Å². The standard InChI is InChI=1S/C17H24F3NO3/c1-23-16-6-4-13(5-7-16)11-24-12-15(22)10-21-8-2-3-14(9-21)17(18,19)20/h4-7,14-15,22H,2-3,8-12H2,1H3/p+1/t14-,15-/m1/s1. The predicted octanol–water partition coefficient (Wildman–Crippen LogP) is 1.43. The van der Waals surface area contributed by atoms with Crippen LogP contribution in [0.1, 0.15) is 18.4 Å². The van der Waals surface area contributed by atoms with Crippen LogP contribution in [0.4, 0.5) is 13.2 Å². The summed E-state index contributed by atoms with van der Waals surface area (Å²) in [6, 6.07) is 7.39. The summed E-state index contributed by atoms with van der Waals surface area (Å²) < 4.78 is 48.9. The van der Waals surface area contributed by atoms with Crippen molar-refractivity contribution in [1.82, 2.24) is 0 Å². The van der Waals surface area contributed by atoms with Gasteiger partial charge in [-0.1, -0.05) is 12.1 Å². The molecule has 2 rings (SSSR count). The van der Waals surface area contributed by atoms with E-state index >= 15 is 0 Å². The molecule has 0 radical (unpaired) electrons. The molecule has 1 aromatic rings. The Bertz CT molecular complexity index is 493. The van der Waals surface area contributed by atoms with Gasteiger partial charge in [0.2, 0.25) is 0 Å². The molecule has 7 heteroatoms. The van der Waals surface area contributed by atoms with E-state index in [2.05, 4.69) is 0 Å². The lowest BCUT2D eigenvalue weighted by Crippen LogP contribution is -3.15. The maximum absolute atomic E-state index is 12.8. The van der Waals surface area contributed by atoms with E-state index in [1.807, 2.05) is 24.3 Å². The molecule has 24 heavy (non-hydrogen) atoms. The molecule has 0 aromatic heterocycles. The number of rotatable bonds is 7. The number of hydrogen-bond donors (Lipinski definition) is 2. The highest BCUT2D eigenvalue weighted by Crippen LogP contribution is 2.29. The van der Waals surface area contributed by atoms with Crippen LogP contribution in [-0.4, -0.2) is 50.7 Å². The average Bonchev–Trinajstić information content (AvgIpc) is 2.55. The first-order valence-electron chi connectivity index (χ1n) is 8.17. The van der Waals surface area contributed by atoms with E-state index in [9.17, 15) is 18.3 Å². The van der Waals surface area contributed by atoms with Gasteiger partial charge >= 0.3 is 6.18 Å². The summed E-state index contributed by atoms with van der Waals surface area (Å²) in [4.78, 5) is 0.795. The summed E-state index contributed by atoms with van der Waals surface area (Å²) in [7, 11) is 1.59. The highest BCUT2D eigenvalue weighted by molar-refractivity contribution is 5.26. The maximum atomic E-state index is 12.8. The minimum absolute atomic E-state index is 0.0407. The monoisotopic (exact) mass is 348 g/mol. The predicted molar refractivity (Wildman–Crippen MR) is 83.0 cm³/mol. The summed E-state index contributed by atoms with van der Waals surface area (Å²) in [6.07, 6.45) is -4.16. The molecule has 3 atom stereocenters. The Hall–Kier alpha value is -1.31. The molecule has 1 unspecified atom stereocenters. The SMILES string of the molecule is COc1ccc(COC[C@H](O)C[NH+]2CCC[C@@H](C(F)(F)F)C2)cc1. The number of nitrogens with one attached hydrogen (secondary N) is 1. The number of hydrogen-bond acceptors (Lipinski definition) is 3. The van der Waals surface area contributed by atoms with Gasteiger partial charge in [0.1, 0.15) is 24.3 Å². The van der Waals surface area contributed by atoms with Crippen LogP contribution in [0.2, 0.25) is 0 Å². The van der Waals surface area contributed by atoms with Crippen LogP contribution in [-0.2, 0) is 11.3 Å². The van der Waals surface area contributed by atoms with Gasteiger partial charge in [-0.05, 0) is 30.5 Å². The van der Waals surface area contributed by atoms with Gasteiger partial charge < -0.3 is 19.5 Å². The smallest absolute Gasteiger partial charge is 0.397 e. The molecule has 1 aliphatic rings. The summed E-state index contributed by atoms with van der Waals surface area (Å²) in [5.41, 5.74) is 0.949. The van der Waals surface area contributed by atoms with Crippen LogP contribution < -0.4 is 9.64 Å². The van der Waals surface area contributed by atoms with Crippen molar-refractivity contribution in [3.63, 3.8) is 0 Å². The highest BCUT2D eigenvalue weighted by Gasteiger charge is 2.43. The molecular formula is C17H25F3NO3+. The van der Waals surface area contributed by atoms with Gasteiger partial charge in [0.05, 0.1) is 33.4 Å². The summed E-state index contributed by atoms with van der Waals surface area (Å²) >= 11 is 0. The van der Waals surface area contributed by atoms with Crippen molar-refractivity contribution in [2.75, 3.05) is 33.4 Å². The summed E-state index contributed by atoms with van der Waals surface area (Å²) in [5, 5.41) is 10.0. The largest absolute Gasteiger partial charge is 0.497 e. The molecule has 0 aliphatic carbocycles. The van der Waals surface area contributed by atoms with Crippen LogP contribution >= 0.6 is 0 Å². The van der Waals surface area contributed by atoms with Gasteiger partial charge in [0.25, 0.3) is 0 Å². The van der Waals surface area contributed by atoms with Gasteiger partial charge in [-0.2, -0.15) is 13.2 Å². The second-order valence-corrected chi connectivity index (χ2v) is 6.31. The zero-order chi connectivity index (χ0) is 17.6. The molecule has 0 amide bonds. The van der Waals surface area contributed by atoms with E-state index in [0.717, 1.165) is 16.2 Å². The Labute approximate surface area is 140 Å². The fourth-order valence-electron chi connectivity index (χ4n) is 3.04. The first-order valence-corrected chi connectivity index (χ1v) is 8.17. The Kier molecular flexibility index (Phi) is 6.89.